The minimum Gasteiger partial charge on any atom is -0.216 e. The molecule has 1 aromatic heterocycles. The largest absolute Gasteiger partial charge is 0.274 e. The molecular formula is C5H7ClN2O2S2. The van der Waals surface area contributed by atoms with Crippen molar-refractivity contribution in [3.05, 3.63) is 21.3 Å². The predicted octanol–water partition coefficient (Wildman–Crippen LogP) is 0.695. The Bertz CT molecular complexity index is 359. The molecule has 12 heavy (non-hydrogen) atoms. The molecule has 0 aliphatic heterocycles. The summed E-state index contributed by atoms with van der Waals surface area (Å²) in [4.78, 5) is 0.828. The molecule has 0 fully saturated rings. The molecule has 1 heterocycles. The van der Waals surface area contributed by atoms with Crippen LogP contribution in [-0.4, -0.2) is 8.42 Å². The van der Waals surface area contributed by atoms with Crippen LogP contribution in [0, 0.1) is 0 Å². The number of nitrogens with one attached hydrogen (secondary N) is 1. The highest BCUT2D eigenvalue weighted by Gasteiger charge is 2.02. The van der Waals surface area contributed by atoms with Crippen LogP contribution in [0.1, 0.15) is 4.88 Å². The average Bonchev–Trinajstić information content (AvgIpc) is 2.30. The fraction of sp³-hybridized carbons (Fsp3) is 0.200. The maximum absolute atomic E-state index is 10.4. The van der Waals surface area contributed by atoms with E-state index in [0.717, 1.165) is 4.88 Å². The summed E-state index contributed by atoms with van der Waals surface area (Å²) in [6, 6.07) is 3.44. The summed E-state index contributed by atoms with van der Waals surface area (Å²) in [5.74, 6) is 0. The Morgan fingerprint density at radius 3 is 2.67 bits per heavy atom. The maximum atomic E-state index is 10.4. The first-order chi connectivity index (χ1) is 5.47. The van der Waals surface area contributed by atoms with Gasteiger partial charge in [-0.15, -0.1) is 11.3 Å². The van der Waals surface area contributed by atoms with Crippen molar-refractivity contribution in [2.24, 2.45) is 5.14 Å². The topological polar surface area (TPSA) is 72.2 Å². The third-order valence-electron chi connectivity index (χ3n) is 1.08. The van der Waals surface area contributed by atoms with Crippen molar-refractivity contribution in [2.75, 3.05) is 0 Å². The van der Waals surface area contributed by atoms with Gasteiger partial charge in [0.1, 0.15) is 0 Å². The highest BCUT2D eigenvalue weighted by Crippen LogP contribution is 2.20. The first-order valence-corrected chi connectivity index (χ1v) is 5.73. The van der Waals surface area contributed by atoms with Crippen LogP contribution in [0.15, 0.2) is 12.1 Å². The van der Waals surface area contributed by atoms with Gasteiger partial charge < -0.3 is 0 Å². The van der Waals surface area contributed by atoms with E-state index in [4.69, 9.17) is 16.7 Å². The lowest BCUT2D eigenvalue weighted by Gasteiger charge is -1.97. The summed E-state index contributed by atoms with van der Waals surface area (Å²) in [7, 11) is -3.60. The summed E-state index contributed by atoms with van der Waals surface area (Å²) in [5.41, 5.74) is 0. The van der Waals surface area contributed by atoms with Gasteiger partial charge in [-0.2, -0.15) is 13.1 Å². The van der Waals surface area contributed by atoms with Crippen molar-refractivity contribution in [3.63, 3.8) is 0 Å². The molecule has 3 N–H and O–H groups in total. The van der Waals surface area contributed by atoms with E-state index in [1.165, 1.54) is 11.3 Å². The van der Waals surface area contributed by atoms with Gasteiger partial charge in [-0.25, -0.2) is 5.14 Å². The van der Waals surface area contributed by atoms with Crippen molar-refractivity contribution < 1.29 is 8.42 Å². The second kappa shape index (κ2) is 3.71. The lowest BCUT2D eigenvalue weighted by Crippen LogP contribution is -2.29. The van der Waals surface area contributed by atoms with Gasteiger partial charge in [-0.3, -0.25) is 0 Å². The quantitative estimate of drug-likeness (QED) is 0.796. The molecule has 0 saturated carbocycles. The highest BCUT2D eigenvalue weighted by atomic mass is 35.5. The molecule has 0 aliphatic rings. The fourth-order valence-corrected chi connectivity index (χ4v) is 2.09. The molecule has 68 valence electrons. The van der Waals surface area contributed by atoms with Crippen LogP contribution < -0.4 is 9.86 Å². The molecule has 7 heteroatoms. The molecule has 1 rings (SSSR count). The van der Waals surface area contributed by atoms with E-state index < -0.39 is 10.2 Å². The molecule has 0 amide bonds. The van der Waals surface area contributed by atoms with Crippen molar-refractivity contribution >= 4 is 33.1 Å². The number of nitrogens with two attached hydrogens (primary N) is 1. The van der Waals surface area contributed by atoms with Crippen LogP contribution in [0.25, 0.3) is 0 Å². The molecule has 4 nitrogen and oxygen atoms in total. The van der Waals surface area contributed by atoms with Crippen molar-refractivity contribution in [2.45, 2.75) is 6.54 Å². The molecule has 1 aromatic rings. The molecule has 0 saturated heterocycles. The van der Waals surface area contributed by atoms with Crippen LogP contribution in [-0.2, 0) is 16.8 Å². The van der Waals surface area contributed by atoms with Crippen LogP contribution in [0.5, 0.6) is 0 Å². The zero-order valence-electron chi connectivity index (χ0n) is 5.95. The number of hydrogen-bond donors (Lipinski definition) is 2. The predicted molar refractivity (Wildman–Crippen MR) is 49.3 cm³/mol. The Balaban J connectivity index is 2.55. The molecule has 0 spiro atoms. The molecule has 0 atom stereocenters. The van der Waals surface area contributed by atoms with Crippen molar-refractivity contribution in [1.82, 2.24) is 4.72 Å². The zero-order chi connectivity index (χ0) is 9.19. The molecule has 0 radical (unpaired) electrons. The van der Waals surface area contributed by atoms with Gasteiger partial charge in [-0.05, 0) is 12.1 Å². The SMILES string of the molecule is NS(=O)(=O)NCc1ccc(Cl)s1. The Morgan fingerprint density at radius 1 is 1.58 bits per heavy atom. The Morgan fingerprint density at radius 2 is 2.25 bits per heavy atom. The second-order valence-electron chi connectivity index (χ2n) is 2.07. The van der Waals surface area contributed by atoms with Crippen LogP contribution in [0.2, 0.25) is 4.34 Å². The summed E-state index contributed by atoms with van der Waals surface area (Å²) >= 11 is 6.93. The van der Waals surface area contributed by atoms with Gasteiger partial charge >= 0.3 is 0 Å². The standard InChI is InChI=1S/C5H7ClN2O2S2/c6-5-2-1-4(11-5)3-8-12(7,9)10/h1-2,8H,3H2,(H2,7,9,10). The van der Waals surface area contributed by atoms with E-state index in [2.05, 4.69) is 4.72 Å². The summed E-state index contributed by atoms with van der Waals surface area (Å²) in [6.07, 6.45) is 0. The third-order valence-corrected chi connectivity index (χ3v) is 2.85. The Kier molecular flexibility index (Phi) is 3.08. The second-order valence-corrected chi connectivity index (χ2v) is 5.25. The van der Waals surface area contributed by atoms with E-state index in [9.17, 15) is 8.42 Å². The normalized spacial score (nSPS) is 11.8. The van der Waals surface area contributed by atoms with Gasteiger partial charge in [0.05, 0.1) is 4.34 Å². The Hall–Kier alpha value is -0.140. The number of thiophene rings is 1. The van der Waals surface area contributed by atoms with Gasteiger partial charge in [0, 0.05) is 11.4 Å². The summed E-state index contributed by atoms with van der Waals surface area (Å²) in [6.45, 7) is 0.191. The zero-order valence-corrected chi connectivity index (χ0v) is 8.34. The summed E-state index contributed by atoms with van der Waals surface area (Å²) in [5, 5.41) is 4.72. The molecule has 0 aromatic carbocycles. The number of rotatable bonds is 3. The minimum atomic E-state index is -3.60. The first-order valence-electron chi connectivity index (χ1n) is 2.99. The smallest absolute Gasteiger partial charge is 0.216 e. The van der Waals surface area contributed by atoms with Crippen molar-refractivity contribution in [3.8, 4) is 0 Å². The van der Waals surface area contributed by atoms with Crippen molar-refractivity contribution in [1.29, 1.82) is 0 Å². The highest BCUT2D eigenvalue weighted by molar-refractivity contribution is 7.87. The molecular weight excluding hydrogens is 220 g/mol. The fourth-order valence-electron chi connectivity index (χ4n) is 0.618. The van der Waals surface area contributed by atoms with E-state index in [0.29, 0.717) is 4.34 Å². The van der Waals surface area contributed by atoms with Crippen LogP contribution in [0.4, 0.5) is 0 Å². The first kappa shape index (κ1) is 9.94. The molecule has 0 bridgehead atoms. The summed E-state index contributed by atoms with van der Waals surface area (Å²) < 4.78 is 23.7. The van der Waals surface area contributed by atoms with Crippen LogP contribution >= 0.6 is 22.9 Å². The molecule has 0 aliphatic carbocycles. The van der Waals surface area contributed by atoms with Gasteiger partial charge in [0.25, 0.3) is 10.2 Å². The van der Waals surface area contributed by atoms with E-state index >= 15 is 0 Å². The van der Waals surface area contributed by atoms with E-state index in [-0.39, 0.29) is 6.54 Å². The maximum Gasteiger partial charge on any atom is 0.274 e. The van der Waals surface area contributed by atoms with Gasteiger partial charge in [0.15, 0.2) is 0 Å². The van der Waals surface area contributed by atoms with Crippen LogP contribution in [0.3, 0.4) is 0 Å². The average molecular weight is 227 g/mol. The minimum absolute atomic E-state index is 0.191. The van der Waals surface area contributed by atoms with E-state index in [1.54, 1.807) is 12.1 Å². The lowest BCUT2D eigenvalue weighted by atomic mass is 10.5. The van der Waals surface area contributed by atoms with Gasteiger partial charge in [0.2, 0.25) is 0 Å². The Labute approximate surface area is 79.5 Å². The van der Waals surface area contributed by atoms with E-state index in [1.807, 2.05) is 0 Å². The lowest BCUT2D eigenvalue weighted by molar-refractivity contribution is 0.583. The monoisotopic (exact) mass is 226 g/mol. The number of halogens is 1. The molecule has 0 unspecified atom stereocenters. The number of hydrogen-bond acceptors (Lipinski definition) is 3. The third kappa shape index (κ3) is 3.51. The van der Waals surface area contributed by atoms with Gasteiger partial charge in [-0.1, -0.05) is 11.6 Å².